The Hall–Kier alpha value is -1.41. The lowest BCUT2D eigenvalue weighted by atomic mass is 10.1. The van der Waals surface area contributed by atoms with Crippen LogP contribution in [-0.4, -0.2) is 50.3 Å². The number of carbonyl (C=O) groups is 1. The molecule has 0 saturated carbocycles. The molecule has 0 unspecified atom stereocenters. The van der Waals surface area contributed by atoms with Gasteiger partial charge in [0.15, 0.2) is 5.13 Å². The number of unbranched alkanes of at least 4 members (excludes halogenated alkanes) is 3. The first-order valence-electron chi connectivity index (χ1n) is 9.00. The Kier molecular flexibility index (Phi) is 8.58. The molecule has 6 nitrogen and oxygen atoms in total. The van der Waals surface area contributed by atoms with Gasteiger partial charge in [-0.05, 0) is 31.5 Å². The Morgan fingerprint density at radius 2 is 2.00 bits per heavy atom. The van der Waals surface area contributed by atoms with Crippen LogP contribution in [0.15, 0.2) is 18.2 Å². The van der Waals surface area contributed by atoms with E-state index in [2.05, 4.69) is 10.2 Å². The van der Waals surface area contributed by atoms with Crippen molar-refractivity contribution in [2.75, 3.05) is 44.3 Å². The fourth-order valence-electron chi connectivity index (χ4n) is 2.93. The zero-order valence-electron chi connectivity index (χ0n) is 14.9. The van der Waals surface area contributed by atoms with Gasteiger partial charge < -0.3 is 20.7 Å². The monoisotopic (exact) mass is 398 g/mol. The lowest BCUT2D eigenvalue weighted by molar-refractivity contribution is 0.0954. The van der Waals surface area contributed by atoms with E-state index in [1.54, 1.807) is 11.3 Å². The Balaban J connectivity index is 0.00000243. The van der Waals surface area contributed by atoms with Crippen molar-refractivity contribution < 1.29 is 9.53 Å². The summed E-state index contributed by atoms with van der Waals surface area (Å²) >= 11 is 1.64. The van der Waals surface area contributed by atoms with Crippen molar-refractivity contribution >= 4 is 45.0 Å². The number of fused-ring (bicyclic) bond motifs is 1. The van der Waals surface area contributed by atoms with Gasteiger partial charge in [0, 0.05) is 19.6 Å². The third-order valence-electron chi connectivity index (χ3n) is 4.35. The molecule has 2 heterocycles. The van der Waals surface area contributed by atoms with Crippen LogP contribution < -0.4 is 16.0 Å². The van der Waals surface area contributed by atoms with Crippen LogP contribution in [0.3, 0.4) is 0 Å². The van der Waals surface area contributed by atoms with E-state index < -0.39 is 0 Å². The van der Waals surface area contributed by atoms with Crippen LogP contribution in [0.1, 0.15) is 36.0 Å². The molecule has 1 aromatic heterocycles. The van der Waals surface area contributed by atoms with E-state index in [9.17, 15) is 4.79 Å². The number of rotatable bonds is 8. The fourth-order valence-corrected chi connectivity index (χ4v) is 3.97. The quantitative estimate of drug-likeness (QED) is 0.668. The van der Waals surface area contributed by atoms with Crippen molar-refractivity contribution in [1.29, 1.82) is 0 Å². The summed E-state index contributed by atoms with van der Waals surface area (Å²) in [7, 11) is 0. The van der Waals surface area contributed by atoms with Crippen LogP contribution in [-0.2, 0) is 4.74 Å². The lowest BCUT2D eigenvalue weighted by Crippen LogP contribution is -2.36. The van der Waals surface area contributed by atoms with E-state index in [-0.39, 0.29) is 18.3 Å². The third kappa shape index (κ3) is 5.30. The average molecular weight is 399 g/mol. The number of nitrogens with zero attached hydrogens (tertiary/aromatic N) is 2. The van der Waals surface area contributed by atoms with E-state index in [0.29, 0.717) is 12.1 Å². The first-order valence-corrected chi connectivity index (χ1v) is 9.82. The normalized spacial score (nSPS) is 14.3. The highest BCUT2D eigenvalue weighted by atomic mass is 35.5. The topological polar surface area (TPSA) is 80.5 Å². The van der Waals surface area contributed by atoms with Gasteiger partial charge in [-0.2, -0.15) is 0 Å². The summed E-state index contributed by atoms with van der Waals surface area (Å²) in [5, 5.41) is 3.99. The Morgan fingerprint density at radius 1 is 1.23 bits per heavy atom. The number of para-hydroxylation sites is 1. The summed E-state index contributed by atoms with van der Waals surface area (Å²) in [5.41, 5.74) is 6.95. The van der Waals surface area contributed by atoms with E-state index in [0.717, 1.165) is 73.9 Å². The summed E-state index contributed by atoms with van der Waals surface area (Å²) in [6, 6.07) is 5.81. The first-order chi connectivity index (χ1) is 12.3. The second-order valence-corrected chi connectivity index (χ2v) is 7.22. The zero-order chi connectivity index (χ0) is 17.5. The molecular formula is C18H27ClN4O2S. The second-order valence-electron chi connectivity index (χ2n) is 6.21. The molecule has 0 aliphatic carbocycles. The van der Waals surface area contributed by atoms with Crippen LogP contribution in [0.2, 0.25) is 0 Å². The highest BCUT2D eigenvalue weighted by Crippen LogP contribution is 2.31. The van der Waals surface area contributed by atoms with E-state index >= 15 is 0 Å². The standard InChI is InChI=1S/C18H26N4O2S.ClH/c19-8-3-1-2-4-9-20-17(23)14-6-5-7-15-16(14)21-18(25-15)22-10-12-24-13-11-22;/h5-7H,1-4,8-13,19H2,(H,20,23);1H. The number of halogens is 1. The minimum atomic E-state index is -0.0387. The minimum Gasteiger partial charge on any atom is -0.378 e. The number of morpholine rings is 1. The van der Waals surface area contributed by atoms with Crippen LogP contribution in [0.5, 0.6) is 0 Å². The zero-order valence-corrected chi connectivity index (χ0v) is 16.5. The van der Waals surface area contributed by atoms with Crippen LogP contribution in [0.4, 0.5) is 5.13 Å². The number of ether oxygens (including phenoxy) is 1. The number of aromatic nitrogens is 1. The van der Waals surface area contributed by atoms with Gasteiger partial charge >= 0.3 is 0 Å². The molecule has 0 bridgehead atoms. The molecule has 1 amide bonds. The Bertz CT molecular complexity index is 704. The van der Waals surface area contributed by atoms with Crippen molar-refractivity contribution in [3.63, 3.8) is 0 Å². The Morgan fingerprint density at radius 3 is 2.77 bits per heavy atom. The van der Waals surface area contributed by atoms with E-state index in [4.69, 9.17) is 15.5 Å². The molecule has 2 aromatic rings. The SMILES string of the molecule is Cl.NCCCCCCNC(=O)c1cccc2sc(N3CCOCC3)nc12. The molecule has 1 aromatic carbocycles. The van der Waals surface area contributed by atoms with Gasteiger partial charge in [-0.1, -0.05) is 30.2 Å². The predicted octanol–water partition coefficient (Wildman–Crippen LogP) is 2.80. The van der Waals surface area contributed by atoms with Crippen molar-refractivity contribution in [2.24, 2.45) is 5.73 Å². The molecule has 3 N–H and O–H groups in total. The second kappa shape index (κ2) is 10.7. The largest absolute Gasteiger partial charge is 0.378 e. The highest BCUT2D eigenvalue weighted by molar-refractivity contribution is 7.22. The summed E-state index contributed by atoms with van der Waals surface area (Å²) in [6.45, 7) is 4.60. The Labute approximate surface area is 164 Å². The molecule has 26 heavy (non-hydrogen) atoms. The molecule has 1 aliphatic rings. The van der Waals surface area contributed by atoms with Crippen LogP contribution >= 0.6 is 23.7 Å². The number of thiazole rings is 1. The molecule has 1 fully saturated rings. The molecule has 0 atom stereocenters. The van der Waals surface area contributed by atoms with Crippen molar-refractivity contribution in [2.45, 2.75) is 25.7 Å². The van der Waals surface area contributed by atoms with Gasteiger partial charge in [-0.25, -0.2) is 4.98 Å². The van der Waals surface area contributed by atoms with Gasteiger partial charge in [0.2, 0.25) is 0 Å². The number of benzene rings is 1. The maximum absolute atomic E-state index is 12.5. The van der Waals surface area contributed by atoms with Gasteiger partial charge in [-0.15, -0.1) is 12.4 Å². The van der Waals surface area contributed by atoms with Gasteiger partial charge in [0.05, 0.1) is 29.0 Å². The molecule has 0 radical (unpaired) electrons. The average Bonchev–Trinajstić information content (AvgIpc) is 3.09. The van der Waals surface area contributed by atoms with Crippen LogP contribution in [0, 0.1) is 0 Å². The first kappa shape index (κ1) is 20.9. The summed E-state index contributed by atoms with van der Waals surface area (Å²) < 4.78 is 6.45. The predicted molar refractivity (Wildman–Crippen MR) is 110 cm³/mol. The van der Waals surface area contributed by atoms with Gasteiger partial charge in [0.25, 0.3) is 5.91 Å². The number of nitrogens with two attached hydrogens (primary N) is 1. The summed E-state index contributed by atoms with van der Waals surface area (Å²) in [6.07, 6.45) is 4.25. The number of hydrogen-bond acceptors (Lipinski definition) is 6. The molecular weight excluding hydrogens is 372 g/mol. The lowest BCUT2D eigenvalue weighted by Gasteiger charge is -2.25. The van der Waals surface area contributed by atoms with E-state index in [1.807, 2.05) is 18.2 Å². The maximum Gasteiger partial charge on any atom is 0.253 e. The molecule has 0 spiro atoms. The number of anilines is 1. The number of hydrogen-bond donors (Lipinski definition) is 2. The van der Waals surface area contributed by atoms with Gasteiger partial charge in [0.1, 0.15) is 0 Å². The molecule has 1 aliphatic heterocycles. The maximum atomic E-state index is 12.5. The summed E-state index contributed by atoms with van der Waals surface area (Å²) in [4.78, 5) is 19.5. The van der Waals surface area contributed by atoms with E-state index in [1.165, 1.54) is 0 Å². The highest BCUT2D eigenvalue weighted by Gasteiger charge is 2.18. The number of nitrogens with one attached hydrogen (secondary N) is 1. The molecule has 144 valence electrons. The molecule has 1 saturated heterocycles. The number of amides is 1. The fraction of sp³-hybridized carbons (Fsp3) is 0.556. The van der Waals surface area contributed by atoms with Crippen molar-refractivity contribution in [3.8, 4) is 0 Å². The van der Waals surface area contributed by atoms with Crippen LogP contribution in [0.25, 0.3) is 10.2 Å². The number of carbonyl (C=O) groups excluding carboxylic acids is 1. The molecule has 8 heteroatoms. The summed E-state index contributed by atoms with van der Waals surface area (Å²) in [5.74, 6) is -0.0387. The van der Waals surface area contributed by atoms with Crippen molar-refractivity contribution in [1.82, 2.24) is 10.3 Å². The smallest absolute Gasteiger partial charge is 0.253 e. The third-order valence-corrected chi connectivity index (χ3v) is 5.43. The van der Waals surface area contributed by atoms with Crippen molar-refractivity contribution in [3.05, 3.63) is 23.8 Å². The molecule has 3 rings (SSSR count). The van der Waals surface area contributed by atoms with Gasteiger partial charge in [-0.3, -0.25) is 4.79 Å². The minimum absolute atomic E-state index is 0.